The van der Waals surface area contributed by atoms with Gasteiger partial charge in [-0.2, -0.15) is 0 Å². The molecule has 0 unspecified atom stereocenters. The molecule has 1 aromatic rings. The fourth-order valence-corrected chi connectivity index (χ4v) is 3.56. The minimum Gasteiger partial charge on any atom is -0.237 e. The molecule has 0 aliphatic carbocycles. The molecule has 0 fully saturated rings. The van der Waals surface area contributed by atoms with Gasteiger partial charge in [0, 0.05) is 0 Å². The predicted molar refractivity (Wildman–Crippen MR) is 110 cm³/mol. The van der Waals surface area contributed by atoms with E-state index in [4.69, 9.17) is 0 Å². The highest BCUT2D eigenvalue weighted by atomic mass is 15.1. The summed E-state index contributed by atoms with van der Waals surface area (Å²) in [5.41, 5.74) is 0. The van der Waals surface area contributed by atoms with Crippen LogP contribution in [0.15, 0.2) is 18.7 Å². The van der Waals surface area contributed by atoms with E-state index < -0.39 is 0 Å². The van der Waals surface area contributed by atoms with Crippen LogP contribution in [0, 0.1) is 0 Å². The van der Waals surface area contributed by atoms with Crippen molar-refractivity contribution in [2.75, 3.05) is 0 Å². The predicted octanol–water partition coefficient (Wildman–Crippen LogP) is 7.06. The molecule has 0 aliphatic heterocycles. The molecule has 2 heteroatoms. The van der Waals surface area contributed by atoms with Gasteiger partial charge in [-0.05, 0) is 25.7 Å². The van der Waals surface area contributed by atoms with Crippen LogP contribution in [0.2, 0.25) is 0 Å². The first-order valence-corrected chi connectivity index (χ1v) is 11.4. The van der Waals surface area contributed by atoms with Gasteiger partial charge in [-0.15, -0.1) is 0 Å². The van der Waals surface area contributed by atoms with Crippen molar-refractivity contribution in [1.82, 2.24) is 4.57 Å². The standard InChI is InChI=1S/C23H45N2/c1-3-5-7-9-11-12-14-16-18-20-25-22-21-24(23-25)19-17-15-13-10-8-6-4-2/h21-23H,3-20H2,1-2H3/q+1. The minimum absolute atomic E-state index is 1.19. The van der Waals surface area contributed by atoms with Gasteiger partial charge in [0.15, 0.2) is 0 Å². The molecule has 0 saturated heterocycles. The third kappa shape index (κ3) is 13.1. The van der Waals surface area contributed by atoms with E-state index in [1.165, 1.54) is 116 Å². The molecule has 1 rings (SSSR count). The number of hydrogen-bond acceptors (Lipinski definition) is 0. The van der Waals surface area contributed by atoms with E-state index in [1.807, 2.05) is 0 Å². The van der Waals surface area contributed by atoms with Crippen LogP contribution >= 0.6 is 0 Å². The lowest BCUT2D eigenvalue weighted by atomic mass is 10.1. The Balaban J connectivity index is 1.93. The zero-order valence-corrected chi connectivity index (χ0v) is 17.4. The summed E-state index contributed by atoms with van der Waals surface area (Å²) in [6.07, 6.45) is 29.3. The first-order valence-electron chi connectivity index (χ1n) is 11.4. The van der Waals surface area contributed by atoms with E-state index in [1.54, 1.807) is 0 Å². The zero-order chi connectivity index (χ0) is 18.0. The van der Waals surface area contributed by atoms with Crippen molar-refractivity contribution in [3.63, 3.8) is 0 Å². The lowest BCUT2D eigenvalue weighted by molar-refractivity contribution is -0.696. The van der Waals surface area contributed by atoms with Crippen LogP contribution in [-0.4, -0.2) is 4.57 Å². The Morgan fingerprint density at radius 3 is 1.64 bits per heavy atom. The van der Waals surface area contributed by atoms with E-state index in [0.717, 1.165) is 0 Å². The Kier molecular flexibility index (Phi) is 14.8. The van der Waals surface area contributed by atoms with Crippen molar-refractivity contribution < 1.29 is 4.57 Å². The number of aromatic nitrogens is 2. The minimum atomic E-state index is 1.19. The van der Waals surface area contributed by atoms with E-state index in [9.17, 15) is 0 Å². The van der Waals surface area contributed by atoms with Crippen molar-refractivity contribution >= 4 is 0 Å². The van der Waals surface area contributed by atoms with Gasteiger partial charge in [0.2, 0.25) is 6.33 Å². The average Bonchev–Trinajstić information content (AvgIpc) is 3.07. The van der Waals surface area contributed by atoms with Gasteiger partial charge in [-0.25, -0.2) is 9.13 Å². The molecule has 0 aromatic carbocycles. The van der Waals surface area contributed by atoms with Crippen LogP contribution in [0.25, 0.3) is 0 Å². The molecule has 1 aromatic heterocycles. The number of nitrogens with zero attached hydrogens (tertiary/aromatic N) is 2. The van der Waals surface area contributed by atoms with Crippen molar-refractivity contribution in [2.24, 2.45) is 0 Å². The molecule has 0 bridgehead atoms. The first-order chi connectivity index (χ1) is 12.4. The number of hydrogen-bond donors (Lipinski definition) is 0. The Morgan fingerprint density at radius 2 is 1.08 bits per heavy atom. The number of unbranched alkanes of at least 4 members (excludes halogenated alkanes) is 14. The molecule has 0 spiro atoms. The van der Waals surface area contributed by atoms with Gasteiger partial charge in [-0.1, -0.05) is 90.9 Å². The monoisotopic (exact) mass is 349 g/mol. The lowest BCUT2D eigenvalue weighted by Gasteiger charge is -2.01. The molecule has 0 N–H and O–H groups in total. The number of imidazole rings is 1. The largest absolute Gasteiger partial charge is 0.243 e. The van der Waals surface area contributed by atoms with Gasteiger partial charge in [0.1, 0.15) is 12.4 Å². The molecule has 1 heterocycles. The third-order valence-electron chi connectivity index (χ3n) is 5.29. The molecule has 0 aliphatic rings. The van der Waals surface area contributed by atoms with Crippen LogP contribution in [0.1, 0.15) is 117 Å². The number of rotatable bonds is 18. The van der Waals surface area contributed by atoms with Gasteiger partial charge >= 0.3 is 0 Å². The van der Waals surface area contributed by atoms with E-state index in [-0.39, 0.29) is 0 Å². The summed E-state index contributed by atoms with van der Waals surface area (Å²) in [6.45, 7) is 6.97. The molecule has 2 nitrogen and oxygen atoms in total. The summed E-state index contributed by atoms with van der Waals surface area (Å²) in [7, 11) is 0. The second-order valence-corrected chi connectivity index (χ2v) is 7.84. The summed E-state index contributed by atoms with van der Waals surface area (Å²) < 4.78 is 4.75. The maximum Gasteiger partial charge on any atom is 0.243 e. The first kappa shape index (κ1) is 22.3. The highest BCUT2D eigenvalue weighted by Gasteiger charge is 2.03. The summed E-state index contributed by atoms with van der Waals surface area (Å²) in [5, 5.41) is 0. The topological polar surface area (TPSA) is 8.81 Å². The highest BCUT2D eigenvalue weighted by molar-refractivity contribution is 4.66. The van der Waals surface area contributed by atoms with Crippen LogP contribution < -0.4 is 4.57 Å². The molecule has 0 saturated carbocycles. The smallest absolute Gasteiger partial charge is 0.237 e. The van der Waals surface area contributed by atoms with Crippen LogP contribution in [-0.2, 0) is 13.1 Å². The fourth-order valence-electron chi connectivity index (χ4n) is 3.56. The molecule has 0 atom stereocenters. The molecule has 0 radical (unpaired) electrons. The summed E-state index contributed by atoms with van der Waals surface area (Å²) in [5.74, 6) is 0. The average molecular weight is 350 g/mol. The Labute approximate surface area is 158 Å². The molecule has 25 heavy (non-hydrogen) atoms. The van der Waals surface area contributed by atoms with Gasteiger partial charge in [0.05, 0.1) is 13.1 Å². The van der Waals surface area contributed by atoms with Gasteiger partial charge in [-0.3, -0.25) is 0 Å². The second-order valence-electron chi connectivity index (χ2n) is 7.84. The zero-order valence-electron chi connectivity index (χ0n) is 17.4. The molecule has 146 valence electrons. The van der Waals surface area contributed by atoms with Crippen molar-refractivity contribution in [1.29, 1.82) is 0 Å². The molecular formula is C23H45N2+. The van der Waals surface area contributed by atoms with Crippen LogP contribution in [0.5, 0.6) is 0 Å². The Hall–Kier alpha value is -0.790. The second kappa shape index (κ2) is 16.7. The normalized spacial score (nSPS) is 11.3. The number of aryl methyl sites for hydroxylation is 2. The SMILES string of the molecule is CCCCCCCCCCCn1cc[n+](CCCCCCCCC)c1. The van der Waals surface area contributed by atoms with Crippen molar-refractivity contribution in [3.8, 4) is 0 Å². The van der Waals surface area contributed by atoms with Crippen molar-refractivity contribution in [3.05, 3.63) is 18.7 Å². The molecular weight excluding hydrogens is 304 g/mol. The van der Waals surface area contributed by atoms with E-state index in [0.29, 0.717) is 0 Å². The summed E-state index contributed by atoms with van der Waals surface area (Å²) >= 11 is 0. The maximum atomic E-state index is 2.38. The summed E-state index contributed by atoms with van der Waals surface area (Å²) in [6, 6.07) is 0. The lowest BCUT2D eigenvalue weighted by Crippen LogP contribution is -2.30. The van der Waals surface area contributed by atoms with Crippen LogP contribution in [0.4, 0.5) is 0 Å². The maximum absolute atomic E-state index is 2.38. The van der Waals surface area contributed by atoms with Gasteiger partial charge in [0.25, 0.3) is 0 Å². The molecule has 0 amide bonds. The Bertz CT molecular complexity index is 383. The third-order valence-corrected chi connectivity index (χ3v) is 5.29. The summed E-state index contributed by atoms with van der Waals surface area (Å²) in [4.78, 5) is 0. The van der Waals surface area contributed by atoms with E-state index in [2.05, 4.69) is 41.7 Å². The Morgan fingerprint density at radius 1 is 0.600 bits per heavy atom. The quantitative estimate of drug-likeness (QED) is 0.198. The van der Waals surface area contributed by atoms with Gasteiger partial charge < -0.3 is 0 Å². The fraction of sp³-hybridized carbons (Fsp3) is 0.870. The van der Waals surface area contributed by atoms with Crippen molar-refractivity contribution in [2.45, 2.75) is 130 Å². The van der Waals surface area contributed by atoms with E-state index >= 15 is 0 Å². The highest BCUT2D eigenvalue weighted by Crippen LogP contribution is 2.10. The van der Waals surface area contributed by atoms with Crippen LogP contribution in [0.3, 0.4) is 0 Å².